The molecular weight excluding hydrogens is 340 g/mol. The minimum Gasteiger partial charge on any atom is -0.379 e. The van der Waals surface area contributed by atoms with Gasteiger partial charge in [-0.1, -0.05) is 19.1 Å². The Hall–Kier alpha value is -1.44. The summed E-state index contributed by atoms with van der Waals surface area (Å²) >= 11 is 0. The number of nitrogens with zero attached hydrogens (tertiary/aromatic N) is 2. The van der Waals surface area contributed by atoms with Gasteiger partial charge in [-0.2, -0.15) is 4.31 Å². The molecule has 1 amide bonds. The number of hydrogen-bond acceptors (Lipinski definition) is 4. The topological polar surface area (TPSA) is 66.9 Å². The fourth-order valence-corrected chi connectivity index (χ4v) is 4.93. The van der Waals surface area contributed by atoms with E-state index in [1.165, 1.54) is 10.7 Å². The van der Waals surface area contributed by atoms with Crippen molar-refractivity contribution in [3.63, 3.8) is 0 Å². The predicted octanol–water partition coefficient (Wildman–Crippen LogP) is 1.72. The number of carbonyl (C=O) groups excluding carboxylic acids is 1. The standard InChI is InChI=1S/C18H26N2O4S/c1-15-3-2-8-19(13-15)18(21)17-6-4-16(5-7-17)14-25(22,23)20-9-11-24-12-10-20/h4-7,15H,2-3,8-14H2,1H3. The number of benzene rings is 1. The first-order valence-electron chi connectivity index (χ1n) is 8.89. The maximum Gasteiger partial charge on any atom is 0.253 e. The van der Waals surface area contributed by atoms with Gasteiger partial charge in [-0.25, -0.2) is 8.42 Å². The summed E-state index contributed by atoms with van der Waals surface area (Å²) in [5.41, 5.74) is 1.33. The lowest BCUT2D eigenvalue weighted by Crippen LogP contribution is -2.41. The van der Waals surface area contributed by atoms with Crippen molar-refractivity contribution in [1.82, 2.24) is 9.21 Å². The second-order valence-electron chi connectivity index (χ2n) is 6.96. The molecule has 2 saturated heterocycles. The predicted molar refractivity (Wildman–Crippen MR) is 95.8 cm³/mol. The zero-order valence-electron chi connectivity index (χ0n) is 14.7. The largest absolute Gasteiger partial charge is 0.379 e. The van der Waals surface area contributed by atoms with E-state index < -0.39 is 10.0 Å². The van der Waals surface area contributed by atoms with E-state index in [1.807, 2.05) is 4.90 Å². The summed E-state index contributed by atoms with van der Waals surface area (Å²) in [7, 11) is -3.34. The highest BCUT2D eigenvalue weighted by Gasteiger charge is 2.25. The quantitative estimate of drug-likeness (QED) is 0.814. The van der Waals surface area contributed by atoms with Crippen molar-refractivity contribution in [2.24, 2.45) is 5.92 Å². The number of carbonyl (C=O) groups is 1. The lowest BCUT2D eigenvalue weighted by atomic mass is 9.99. The van der Waals surface area contributed by atoms with Gasteiger partial charge in [0.1, 0.15) is 0 Å². The SMILES string of the molecule is CC1CCCN(C(=O)c2ccc(CS(=O)(=O)N3CCOCC3)cc2)C1. The fourth-order valence-electron chi connectivity index (χ4n) is 3.43. The first kappa shape index (κ1) is 18.4. The summed E-state index contributed by atoms with van der Waals surface area (Å²) in [5, 5.41) is 0. The van der Waals surface area contributed by atoms with Crippen LogP contribution in [0.5, 0.6) is 0 Å². The van der Waals surface area contributed by atoms with Gasteiger partial charge in [0.25, 0.3) is 5.91 Å². The van der Waals surface area contributed by atoms with Crippen molar-refractivity contribution in [2.45, 2.75) is 25.5 Å². The van der Waals surface area contributed by atoms with Crippen LogP contribution in [0.4, 0.5) is 0 Å². The first-order chi connectivity index (χ1) is 12.0. The molecule has 3 rings (SSSR count). The van der Waals surface area contributed by atoms with Crippen LogP contribution in [0, 0.1) is 5.92 Å². The number of amides is 1. The van der Waals surface area contributed by atoms with E-state index in [0.717, 1.165) is 19.5 Å². The minimum atomic E-state index is -3.34. The highest BCUT2D eigenvalue weighted by atomic mass is 32.2. The van der Waals surface area contributed by atoms with E-state index in [4.69, 9.17) is 4.74 Å². The number of ether oxygens (including phenoxy) is 1. The molecule has 0 bridgehead atoms. The van der Waals surface area contributed by atoms with Gasteiger partial charge in [-0.15, -0.1) is 0 Å². The van der Waals surface area contributed by atoms with Gasteiger partial charge in [0.05, 0.1) is 19.0 Å². The van der Waals surface area contributed by atoms with Crippen molar-refractivity contribution in [2.75, 3.05) is 39.4 Å². The molecule has 6 nitrogen and oxygen atoms in total. The molecule has 1 unspecified atom stereocenters. The van der Waals surface area contributed by atoms with E-state index >= 15 is 0 Å². The molecule has 7 heteroatoms. The van der Waals surface area contributed by atoms with Crippen LogP contribution >= 0.6 is 0 Å². The Morgan fingerprint density at radius 1 is 1.16 bits per heavy atom. The van der Waals surface area contributed by atoms with Crippen LogP contribution in [0.2, 0.25) is 0 Å². The Balaban J connectivity index is 1.64. The summed E-state index contributed by atoms with van der Waals surface area (Å²) in [5.74, 6) is 0.534. The lowest BCUT2D eigenvalue weighted by Gasteiger charge is -2.31. The molecule has 0 aliphatic carbocycles. The number of sulfonamides is 1. The Bertz CT molecular complexity index is 696. The van der Waals surface area contributed by atoms with Crippen LogP contribution in [-0.2, 0) is 20.5 Å². The van der Waals surface area contributed by atoms with Gasteiger partial charge in [-0.05, 0) is 36.5 Å². The van der Waals surface area contributed by atoms with Gasteiger partial charge in [0.15, 0.2) is 0 Å². The summed E-state index contributed by atoms with van der Waals surface area (Å²) in [6.45, 7) is 5.47. The Labute approximate surface area is 149 Å². The molecule has 138 valence electrons. The van der Waals surface area contributed by atoms with E-state index in [-0.39, 0.29) is 11.7 Å². The van der Waals surface area contributed by atoms with E-state index in [0.29, 0.717) is 43.3 Å². The molecular formula is C18H26N2O4S. The fraction of sp³-hybridized carbons (Fsp3) is 0.611. The third-order valence-corrected chi connectivity index (χ3v) is 6.71. The summed E-state index contributed by atoms with van der Waals surface area (Å²) in [6.07, 6.45) is 2.21. The molecule has 0 N–H and O–H groups in total. The average Bonchev–Trinajstić information content (AvgIpc) is 2.62. The zero-order valence-corrected chi connectivity index (χ0v) is 15.5. The maximum absolute atomic E-state index is 12.6. The molecule has 2 heterocycles. The Morgan fingerprint density at radius 2 is 1.84 bits per heavy atom. The Morgan fingerprint density at radius 3 is 2.48 bits per heavy atom. The minimum absolute atomic E-state index is 0.0362. The van der Waals surface area contributed by atoms with Crippen LogP contribution in [0.25, 0.3) is 0 Å². The molecule has 0 spiro atoms. The van der Waals surface area contributed by atoms with Gasteiger partial charge in [0.2, 0.25) is 10.0 Å². The molecule has 0 saturated carbocycles. The number of hydrogen-bond donors (Lipinski definition) is 0. The van der Waals surface area contributed by atoms with Crippen molar-refractivity contribution in [3.05, 3.63) is 35.4 Å². The van der Waals surface area contributed by atoms with Crippen molar-refractivity contribution in [3.8, 4) is 0 Å². The molecule has 2 fully saturated rings. The van der Waals surface area contributed by atoms with Crippen LogP contribution in [0.15, 0.2) is 24.3 Å². The second-order valence-corrected chi connectivity index (χ2v) is 8.93. The van der Waals surface area contributed by atoms with Crippen LogP contribution in [0.1, 0.15) is 35.7 Å². The summed E-state index contributed by atoms with van der Waals surface area (Å²) in [6, 6.07) is 6.98. The zero-order chi connectivity index (χ0) is 17.9. The molecule has 2 aliphatic heterocycles. The van der Waals surface area contributed by atoms with Crippen LogP contribution in [-0.4, -0.2) is 62.9 Å². The highest BCUT2D eigenvalue weighted by Crippen LogP contribution is 2.19. The van der Waals surface area contributed by atoms with Crippen molar-refractivity contribution in [1.29, 1.82) is 0 Å². The van der Waals surface area contributed by atoms with E-state index in [1.54, 1.807) is 24.3 Å². The van der Waals surface area contributed by atoms with Gasteiger partial charge >= 0.3 is 0 Å². The molecule has 2 aliphatic rings. The number of piperidine rings is 1. The van der Waals surface area contributed by atoms with Gasteiger partial charge in [0, 0.05) is 31.7 Å². The third kappa shape index (κ3) is 4.59. The van der Waals surface area contributed by atoms with Crippen molar-refractivity contribution < 1.29 is 17.9 Å². The average molecular weight is 366 g/mol. The monoisotopic (exact) mass is 366 g/mol. The number of morpholine rings is 1. The molecule has 1 aromatic rings. The molecule has 1 atom stereocenters. The number of likely N-dealkylation sites (tertiary alicyclic amines) is 1. The normalized spacial score (nSPS) is 22.8. The number of rotatable bonds is 4. The highest BCUT2D eigenvalue weighted by molar-refractivity contribution is 7.88. The molecule has 1 aromatic carbocycles. The Kier molecular flexibility index (Phi) is 5.76. The molecule has 0 radical (unpaired) electrons. The van der Waals surface area contributed by atoms with Crippen LogP contribution < -0.4 is 0 Å². The molecule has 25 heavy (non-hydrogen) atoms. The van der Waals surface area contributed by atoms with E-state index in [2.05, 4.69) is 6.92 Å². The van der Waals surface area contributed by atoms with Crippen LogP contribution in [0.3, 0.4) is 0 Å². The van der Waals surface area contributed by atoms with Crippen molar-refractivity contribution >= 4 is 15.9 Å². The first-order valence-corrected chi connectivity index (χ1v) is 10.5. The molecule has 0 aromatic heterocycles. The lowest BCUT2D eigenvalue weighted by molar-refractivity contribution is 0.0683. The second kappa shape index (κ2) is 7.85. The van der Waals surface area contributed by atoms with Gasteiger partial charge in [-0.3, -0.25) is 4.79 Å². The van der Waals surface area contributed by atoms with Gasteiger partial charge < -0.3 is 9.64 Å². The summed E-state index contributed by atoms with van der Waals surface area (Å²) < 4.78 is 31.6. The summed E-state index contributed by atoms with van der Waals surface area (Å²) in [4.78, 5) is 14.5. The third-order valence-electron chi connectivity index (χ3n) is 4.86. The maximum atomic E-state index is 12.6. The van der Waals surface area contributed by atoms with E-state index in [9.17, 15) is 13.2 Å². The smallest absolute Gasteiger partial charge is 0.253 e.